The van der Waals surface area contributed by atoms with Crippen LogP contribution >= 0.6 is 11.3 Å². The van der Waals surface area contributed by atoms with Crippen LogP contribution in [0.5, 0.6) is 0 Å². The van der Waals surface area contributed by atoms with Gasteiger partial charge in [0.1, 0.15) is 4.90 Å². The molecule has 2 fully saturated rings. The van der Waals surface area contributed by atoms with E-state index in [9.17, 15) is 22.0 Å². The second-order valence-corrected chi connectivity index (χ2v) is 11.4. The summed E-state index contributed by atoms with van der Waals surface area (Å²) >= 11 is 0.688. The van der Waals surface area contributed by atoms with Crippen molar-refractivity contribution in [3.63, 3.8) is 0 Å². The van der Waals surface area contributed by atoms with Gasteiger partial charge in [-0.1, -0.05) is 11.3 Å². The normalized spacial score (nSPS) is 19.9. The molecule has 15 heteroatoms. The highest BCUT2D eigenvalue weighted by molar-refractivity contribution is 7.89. The lowest BCUT2D eigenvalue weighted by atomic mass is 10.2. The first-order valence-electron chi connectivity index (χ1n) is 10.9. The van der Waals surface area contributed by atoms with E-state index < -0.39 is 33.1 Å². The average molecular weight is 528 g/mol. The second kappa shape index (κ2) is 8.72. The van der Waals surface area contributed by atoms with E-state index in [1.165, 1.54) is 29.9 Å². The number of hydrogen-bond acceptors (Lipinski definition) is 9. The molecule has 1 aliphatic heterocycles. The number of ether oxygens (including phenoxy) is 1. The van der Waals surface area contributed by atoms with Crippen LogP contribution in [0.3, 0.4) is 0 Å². The number of amides is 1. The smallest absolute Gasteiger partial charge is 0.291 e. The van der Waals surface area contributed by atoms with Crippen LogP contribution < -0.4 is 14.9 Å². The summed E-state index contributed by atoms with van der Waals surface area (Å²) in [5.41, 5.74) is 0.548. The standard InChI is InChI=1S/C20H23F2N7O4S2/c1-20(3-4-20)27-35(31,32)11-7-12(28-5-6-33-14(10-28)17(30)23-2)13-8-24-16(29(13)9-11)19-26-25-18(34-19)15(21)22/h7-9,14-15,27H,3-6,10H2,1-2H3,(H,23,30)/t14-/m1/s1. The third kappa shape index (κ3) is 4.60. The molecule has 35 heavy (non-hydrogen) atoms. The number of rotatable bonds is 7. The quantitative estimate of drug-likeness (QED) is 0.474. The molecule has 11 nitrogen and oxygen atoms in total. The minimum Gasteiger partial charge on any atom is -0.365 e. The van der Waals surface area contributed by atoms with Crippen molar-refractivity contribution in [2.45, 2.75) is 42.7 Å². The molecule has 2 aliphatic rings. The number of imidazole rings is 1. The lowest BCUT2D eigenvalue weighted by Gasteiger charge is -2.34. The molecule has 2 N–H and O–H groups in total. The van der Waals surface area contributed by atoms with Crippen molar-refractivity contribution in [1.29, 1.82) is 0 Å². The second-order valence-electron chi connectivity index (χ2n) is 8.73. The van der Waals surface area contributed by atoms with Gasteiger partial charge in [0.05, 0.1) is 30.6 Å². The molecule has 1 saturated carbocycles. The summed E-state index contributed by atoms with van der Waals surface area (Å²) in [6.45, 7) is 2.69. The molecule has 1 aliphatic carbocycles. The van der Waals surface area contributed by atoms with Crippen LogP contribution in [0.1, 0.15) is 31.2 Å². The lowest BCUT2D eigenvalue weighted by Crippen LogP contribution is -2.49. The van der Waals surface area contributed by atoms with Crippen molar-refractivity contribution >= 4 is 38.5 Å². The highest BCUT2D eigenvalue weighted by atomic mass is 32.2. The molecule has 188 valence electrons. The van der Waals surface area contributed by atoms with Gasteiger partial charge >= 0.3 is 0 Å². The van der Waals surface area contributed by atoms with Gasteiger partial charge in [0, 0.05) is 25.3 Å². The Hall–Kier alpha value is -2.75. The maximum Gasteiger partial charge on any atom is 0.291 e. The zero-order valence-corrected chi connectivity index (χ0v) is 20.5. The summed E-state index contributed by atoms with van der Waals surface area (Å²) in [6.07, 6.45) is 0.862. The van der Waals surface area contributed by atoms with Crippen LogP contribution in [-0.2, 0) is 19.6 Å². The molecule has 5 rings (SSSR count). The minimum absolute atomic E-state index is 0.0195. The Bertz CT molecular complexity index is 1390. The van der Waals surface area contributed by atoms with Gasteiger partial charge in [0.2, 0.25) is 10.0 Å². The molecular weight excluding hydrogens is 504 g/mol. The predicted octanol–water partition coefficient (Wildman–Crippen LogP) is 1.57. The van der Waals surface area contributed by atoms with Crippen LogP contribution in [0.4, 0.5) is 14.5 Å². The van der Waals surface area contributed by atoms with Crippen LogP contribution in [0.2, 0.25) is 0 Å². The molecule has 4 heterocycles. The fourth-order valence-corrected chi connectivity index (χ4v) is 6.06. The van der Waals surface area contributed by atoms with E-state index >= 15 is 0 Å². The minimum atomic E-state index is -3.92. The van der Waals surface area contributed by atoms with E-state index in [1.54, 1.807) is 0 Å². The maximum absolute atomic E-state index is 13.3. The highest BCUT2D eigenvalue weighted by Crippen LogP contribution is 2.37. The summed E-state index contributed by atoms with van der Waals surface area (Å²) in [5, 5.41) is 9.59. The van der Waals surface area contributed by atoms with Crippen LogP contribution in [-0.4, -0.2) is 72.3 Å². The number of pyridine rings is 1. The van der Waals surface area contributed by atoms with Crippen molar-refractivity contribution in [1.82, 2.24) is 29.6 Å². The Balaban J connectivity index is 1.63. The van der Waals surface area contributed by atoms with Crippen LogP contribution in [0.25, 0.3) is 16.3 Å². The number of halogens is 2. The molecule has 0 aromatic carbocycles. The Morgan fingerprint density at radius 2 is 2.11 bits per heavy atom. The number of sulfonamides is 1. The Morgan fingerprint density at radius 3 is 2.77 bits per heavy atom. The van der Waals surface area contributed by atoms with E-state index in [-0.39, 0.29) is 34.8 Å². The summed E-state index contributed by atoms with van der Waals surface area (Å²) in [7, 11) is -2.40. The largest absolute Gasteiger partial charge is 0.365 e. The van der Waals surface area contributed by atoms with Gasteiger partial charge in [-0.2, -0.15) is 0 Å². The first-order chi connectivity index (χ1) is 16.6. The number of carbonyl (C=O) groups excluding carboxylic acids is 1. The molecule has 1 atom stereocenters. The van der Waals surface area contributed by atoms with E-state index in [0.29, 0.717) is 29.1 Å². The summed E-state index contributed by atoms with van der Waals surface area (Å²) < 4.78 is 62.6. The molecule has 0 bridgehead atoms. The number of morpholine rings is 1. The number of fused-ring (bicyclic) bond motifs is 1. The average Bonchev–Trinajstić information content (AvgIpc) is 3.21. The zero-order chi connectivity index (χ0) is 25.0. The van der Waals surface area contributed by atoms with Crippen molar-refractivity contribution in [3.8, 4) is 10.8 Å². The van der Waals surface area contributed by atoms with Crippen LogP contribution in [0, 0.1) is 0 Å². The van der Waals surface area contributed by atoms with Crippen molar-refractivity contribution < 1.29 is 26.7 Å². The first-order valence-corrected chi connectivity index (χ1v) is 13.2. The topological polar surface area (TPSA) is 131 Å². The zero-order valence-electron chi connectivity index (χ0n) is 18.9. The molecule has 1 amide bonds. The Morgan fingerprint density at radius 1 is 1.34 bits per heavy atom. The number of carbonyl (C=O) groups is 1. The number of alkyl halides is 2. The number of aromatic nitrogens is 4. The molecule has 3 aromatic heterocycles. The SMILES string of the molecule is CNC(=O)[C@H]1CN(c2cc(S(=O)(=O)NC3(C)CC3)cn3c(-c4nnc(C(F)F)s4)ncc23)CCO1. The molecule has 0 spiro atoms. The highest BCUT2D eigenvalue weighted by Gasteiger charge is 2.41. The van der Waals surface area contributed by atoms with Gasteiger partial charge in [0.15, 0.2) is 21.9 Å². The van der Waals surface area contributed by atoms with E-state index in [2.05, 4.69) is 25.2 Å². The summed E-state index contributed by atoms with van der Waals surface area (Å²) in [6, 6.07) is 1.53. The fourth-order valence-electron chi connectivity index (χ4n) is 3.89. The van der Waals surface area contributed by atoms with E-state index in [1.807, 2.05) is 11.8 Å². The van der Waals surface area contributed by atoms with Gasteiger partial charge < -0.3 is 15.0 Å². The number of nitrogens with one attached hydrogen (secondary N) is 2. The fraction of sp³-hybridized carbons (Fsp3) is 0.500. The maximum atomic E-state index is 13.3. The lowest BCUT2D eigenvalue weighted by molar-refractivity contribution is -0.132. The van der Waals surface area contributed by atoms with Crippen molar-refractivity contribution in [3.05, 3.63) is 23.5 Å². The van der Waals surface area contributed by atoms with Gasteiger partial charge in [-0.3, -0.25) is 9.20 Å². The first kappa shape index (κ1) is 24.0. The number of likely N-dealkylation sites (N-methyl/N-ethyl adjacent to an activating group) is 1. The van der Waals surface area contributed by atoms with Crippen LogP contribution in [0.15, 0.2) is 23.4 Å². The molecule has 1 saturated heterocycles. The predicted molar refractivity (Wildman–Crippen MR) is 123 cm³/mol. The van der Waals surface area contributed by atoms with Crippen molar-refractivity contribution in [2.75, 3.05) is 31.6 Å². The summed E-state index contributed by atoms with van der Waals surface area (Å²) in [5.74, 6) is -0.100. The molecule has 0 radical (unpaired) electrons. The van der Waals surface area contributed by atoms with Crippen molar-refractivity contribution in [2.24, 2.45) is 0 Å². The number of anilines is 1. The molecule has 3 aromatic rings. The van der Waals surface area contributed by atoms with Gasteiger partial charge in [-0.25, -0.2) is 26.9 Å². The van der Waals surface area contributed by atoms with E-state index in [0.717, 1.165) is 12.8 Å². The van der Waals surface area contributed by atoms with Gasteiger partial charge in [-0.15, -0.1) is 10.2 Å². The third-order valence-corrected chi connectivity index (χ3v) is 8.58. The van der Waals surface area contributed by atoms with E-state index in [4.69, 9.17) is 4.74 Å². The monoisotopic (exact) mass is 527 g/mol. The number of hydrogen-bond donors (Lipinski definition) is 2. The van der Waals surface area contributed by atoms with Gasteiger partial charge in [-0.05, 0) is 25.8 Å². The Labute approximate surface area is 203 Å². The molecule has 0 unspecified atom stereocenters. The Kier molecular flexibility index (Phi) is 5.97. The van der Waals surface area contributed by atoms with Gasteiger partial charge in [0.25, 0.3) is 12.3 Å². The number of nitrogens with zero attached hydrogens (tertiary/aromatic N) is 5. The summed E-state index contributed by atoms with van der Waals surface area (Å²) in [4.78, 5) is 18.4. The molecular formula is C20H23F2N7O4S2. The third-order valence-electron chi connectivity index (χ3n) is 6.05.